The zero-order chi connectivity index (χ0) is 25.1. The van der Waals surface area contributed by atoms with Crippen LogP contribution >= 0.6 is 0 Å². The molecule has 0 spiro atoms. The predicted octanol–water partition coefficient (Wildman–Crippen LogP) is 3.24. The summed E-state index contributed by atoms with van der Waals surface area (Å²) in [6.45, 7) is 1.08. The average Bonchev–Trinajstić information content (AvgIpc) is 2.78. The van der Waals surface area contributed by atoms with Crippen molar-refractivity contribution in [1.29, 1.82) is 0 Å². The quantitative estimate of drug-likeness (QED) is 0.426. The molecule has 0 aliphatic carbocycles. The van der Waals surface area contributed by atoms with Gasteiger partial charge in [0.05, 0.1) is 28.3 Å². The Bertz CT molecular complexity index is 1150. The number of nitrogens with zero attached hydrogens (tertiary/aromatic N) is 2. The largest absolute Gasteiger partial charge is 0.490 e. The Labute approximate surface area is 194 Å². The van der Waals surface area contributed by atoms with Crippen LogP contribution in [0.4, 0.5) is 23.2 Å². The molecule has 1 amide bonds. The molecular formula is C22H24F4N2O5S. The van der Waals surface area contributed by atoms with E-state index in [2.05, 4.69) is 0 Å². The van der Waals surface area contributed by atoms with Gasteiger partial charge in [-0.25, -0.2) is 12.8 Å². The van der Waals surface area contributed by atoms with Crippen LogP contribution in [0, 0.1) is 5.82 Å². The van der Waals surface area contributed by atoms with Crippen molar-refractivity contribution in [2.24, 2.45) is 0 Å². The molecule has 1 aliphatic rings. The number of anilines is 1. The molecule has 34 heavy (non-hydrogen) atoms. The third-order valence-electron chi connectivity index (χ3n) is 5.34. The molecule has 186 valence electrons. The number of halogens is 4. The molecule has 0 saturated carbocycles. The number of piperazine rings is 1. The molecule has 0 bridgehead atoms. The van der Waals surface area contributed by atoms with Gasteiger partial charge >= 0.3 is 6.18 Å². The van der Waals surface area contributed by atoms with Gasteiger partial charge in [-0.3, -0.25) is 4.79 Å². The lowest BCUT2D eigenvalue weighted by Crippen LogP contribution is -2.49. The fraction of sp³-hybridized carbons (Fsp3) is 0.409. The number of rotatable bonds is 7. The van der Waals surface area contributed by atoms with Crippen molar-refractivity contribution in [3.63, 3.8) is 0 Å². The Morgan fingerprint density at radius 3 is 2.26 bits per heavy atom. The molecule has 1 fully saturated rings. The van der Waals surface area contributed by atoms with Crippen LogP contribution in [0.2, 0.25) is 0 Å². The molecule has 2 aromatic carbocycles. The van der Waals surface area contributed by atoms with Crippen LogP contribution in [0.3, 0.4) is 0 Å². The smallest absolute Gasteiger partial charge is 0.416 e. The van der Waals surface area contributed by atoms with E-state index in [9.17, 15) is 30.8 Å². The van der Waals surface area contributed by atoms with E-state index in [-0.39, 0.29) is 61.3 Å². The molecule has 7 nitrogen and oxygen atoms in total. The first-order chi connectivity index (χ1) is 15.9. The zero-order valence-corrected chi connectivity index (χ0v) is 19.4. The van der Waals surface area contributed by atoms with Crippen molar-refractivity contribution in [1.82, 2.24) is 4.90 Å². The first-order valence-corrected chi connectivity index (χ1v) is 12.2. The molecule has 0 N–H and O–H groups in total. The summed E-state index contributed by atoms with van der Waals surface area (Å²) in [4.78, 5) is 16.2. The number of carbonyl (C=O) groups excluding carboxylic acids is 1. The van der Waals surface area contributed by atoms with E-state index in [1.54, 1.807) is 4.90 Å². The van der Waals surface area contributed by atoms with Crippen molar-refractivity contribution in [3.05, 3.63) is 53.3 Å². The Morgan fingerprint density at radius 2 is 1.71 bits per heavy atom. The SMILES string of the molecule is COCCOc1ccc(S(C)(=O)=O)cc1C(=O)N1CCN(c2ccc(C(F)(F)F)cc2F)CC1. The Morgan fingerprint density at radius 1 is 1.03 bits per heavy atom. The summed E-state index contributed by atoms with van der Waals surface area (Å²) in [6.07, 6.45) is -3.62. The maximum Gasteiger partial charge on any atom is 0.416 e. The highest BCUT2D eigenvalue weighted by Gasteiger charge is 2.32. The lowest BCUT2D eigenvalue weighted by atomic mass is 10.1. The maximum absolute atomic E-state index is 14.3. The van der Waals surface area contributed by atoms with E-state index in [4.69, 9.17) is 9.47 Å². The van der Waals surface area contributed by atoms with Crippen molar-refractivity contribution < 1.29 is 40.2 Å². The molecule has 1 saturated heterocycles. The minimum Gasteiger partial charge on any atom is -0.490 e. The Kier molecular flexibility index (Phi) is 7.71. The van der Waals surface area contributed by atoms with Crippen molar-refractivity contribution in [2.45, 2.75) is 11.1 Å². The number of sulfone groups is 1. The Hall–Kier alpha value is -2.86. The van der Waals surface area contributed by atoms with E-state index in [0.29, 0.717) is 6.07 Å². The summed E-state index contributed by atoms with van der Waals surface area (Å²) in [6, 6.07) is 6.35. The summed E-state index contributed by atoms with van der Waals surface area (Å²) >= 11 is 0. The molecular weight excluding hydrogens is 480 g/mol. The second-order valence-electron chi connectivity index (χ2n) is 7.71. The lowest BCUT2D eigenvalue weighted by molar-refractivity contribution is -0.137. The molecule has 0 atom stereocenters. The fourth-order valence-electron chi connectivity index (χ4n) is 3.53. The zero-order valence-electron chi connectivity index (χ0n) is 18.6. The topological polar surface area (TPSA) is 76.1 Å². The number of benzene rings is 2. The minimum absolute atomic E-state index is 0.0164. The number of ether oxygens (including phenoxy) is 2. The number of hydrogen-bond donors (Lipinski definition) is 0. The van der Waals surface area contributed by atoms with Crippen LogP contribution in [0.25, 0.3) is 0 Å². The van der Waals surface area contributed by atoms with Gasteiger partial charge in [0, 0.05) is 39.5 Å². The molecule has 12 heteroatoms. The number of methoxy groups -OCH3 is 1. The van der Waals surface area contributed by atoms with Gasteiger partial charge in [0.1, 0.15) is 18.2 Å². The summed E-state index contributed by atoms with van der Waals surface area (Å²) in [5, 5.41) is 0. The van der Waals surface area contributed by atoms with Gasteiger partial charge in [-0.05, 0) is 36.4 Å². The first kappa shape index (κ1) is 25.8. The first-order valence-electron chi connectivity index (χ1n) is 10.3. The number of carbonyl (C=O) groups is 1. The van der Waals surface area contributed by atoms with Gasteiger partial charge in [0.15, 0.2) is 9.84 Å². The van der Waals surface area contributed by atoms with Gasteiger partial charge in [-0.1, -0.05) is 0 Å². The van der Waals surface area contributed by atoms with Crippen molar-refractivity contribution in [3.8, 4) is 5.75 Å². The highest BCUT2D eigenvalue weighted by atomic mass is 32.2. The van der Waals surface area contributed by atoms with E-state index >= 15 is 0 Å². The molecule has 1 heterocycles. The van der Waals surface area contributed by atoms with Gasteiger partial charge in [-0.2, -0.15) is 13.2 Å². The third kappa shape index (κ3) is 5.98. The highest BCUT2D eigenvalue weighted by molar-refractivity contribution is 7.90. The second-order valence-corrected chi connectivity index (χ2v) is 9.73. The highest BCUT2D eigenvalue weighted by Crippen LogP contribution is 2.33. The molecule has 0 unspecified atom stereocenters. The van der Waals surface area contributed by atoms with Crippen LogP contribution < -0.4 is 9.64 Å². The molecule has 1 aliphatic heterocycles. The number of hydrogen-bond acceptors (Lipinski definition) is 6. The van der Waals surface area contributed by atoms with Crippen molar-refractivity contribution >= 4 is 21.4 Å². The van der Waals surface area contributed by atoms with Crippen molar-refractivity contribution in [2.75, 3.05) is 57.7 Å². The standard InChI is InChI=1S/C22H24F4N2O5S/c1-32-11-12-33-20-6-4-16(34(2,30)31)14-17(20)21(29)28-9-7-27(8-10-28)19-5-3-15(13-18(19)23)22(24,25)26/h3-6,13-14H,7-12H2,1-2H3. The molecule has 0 aromatic heterocycles. The molecule has 0 radical (unpaired) electrons. The summed E-state index contributed by atoms with van der Waals surface area (Å²) in [5.41, 5.74) is -0.995. The average molecular weight is 505 g/mol. The number of alkyl halides is 3. The summed E-state index contributed by atoms with van der Waals surface area (Å²) in [7, 11) is -2.09. The van der Waals surface area contributed by atoms with E-state index in [1.807, 2.05) is 0 Å². The minimum atomic E-state index is -4.64. The Balaban J connectivity index is 1.77. The molecule has 2 aromatic rings. The van der Waals surface area contributed by atoms with Gasteiger partial charge < -0.3 is 19.3 Å². The van der Waals surface area contributed by atoms with Crippen LogP contribution in [0.15, 0.2) is 41.3 Å². The van der Waals surface area contributed by atoms with Crippen LogP contribution in [0.1, 0.15) is 15.9 Å². The van der Waals surface area contributed by atoms with Gasteiger partial charge in [0.25, 0.3) is 5.91 Å². The summed E-state index contributed by atoms with van der Waals surface area (Å²) < 4.78 is 87.2. The monoisotopic (exact) mass is 504 g/mol. The normalized spacial score (nSPS) is 14.9. The predicted molar refractivity (Wildman–Crippen MR) is 116 cm³/mol. The van der Waals surface area contributed by atoms with Crippen LogP contribution in [0.5, 0.6) is 5.75 Å². The third-order valence-corrected chi connectivity index (χ3v) is 6.45. The van der Waals surface area contributed by atoms with E-state index in [0.717, 1.165) is 18.4 Å². The summed E-state index contributed by atoms with van der Waals surface area (Å²) in [5.74, 6) is -1.26. The van der Waals surface area contributed by atoms with Crippen LogP contribution in [-0.4, -0.2) is 72.0 Å². The van der Waals surface area contributed by atoms with Gasteiger partial charge in [0.2, 0.25) is 0 Å². The van der Waals surface area contributed by atoms with E-state index in [1.165, 1.54) is 30.2 Å². The maximum atomic E-state index is 14.3. The van der Waals surface area contributed by atoms with Crippen LogP contribution in [-0.2, 0) is 20.8 Å². The molecule has 3 rings (SSSR count). The van der Waals surface area contributed by atoms with E-state index < -0.39 is 33.3 Å². The second kappa shape index (κ2) is 10.2. The fourth-order valence-corrected chi connectivity index (χ4v) is 4.18. The lowest BCUT2D eigenvalue weighted by Gasteiger charge is -2.36. The number of amides is 1. The van der Waals surface area contributed by atoms with Gasteiger partial charge in [-0.15, -0.1) is 0 Å².